The third-order valence-electron chi connectivity index (χ3n) is 10.7. The highest BCUT2D eigenvalue weighted by Gasteiger charge is 2.14. The number of aromatic nitrogens is 6. The number of benzene rings is 8. The Morgan fingerprint density at radius 2 is 0.732 bits per heavy atom. The monoisotopic (exact) mass is 740 g/mol. The van der Waals surface area contributed by atoms with Gasteiger partial charge in [-0.15, -0.1) is 10.2 Å². The molecule has 0 unspecified atom stereocenters. The quantitative estimate of drug-likeness (QED) is 0.0677. The lowest BCUT2D eigenvalue weighted by Crippen LogP contribution is -2.12. The highest BCUT2D eigenvalue weighted by Crippen LogP contribution is 2.37. The van der Waals surface area contributed by atoms with Gasteiger partial charge < -0.3 is 18.9 Å². The van der Waals surface area contributed by atoms with E-state index in [1.54, 1.807) is 0 Å². The zero-order chi connectivity index (χ0) is 37.3. The van der Waals surface area contributed by atoms with E-state index >= 15 is 0 Å². The van der Waals surface area contributed by atoms with E-state index in [-0.39, 0.29) is 0 Å². The van der Waals surface area contributed by atoms with Gasteiger partial charge in [0, 0.05) is 0 Å². The first-order chi connectivity index (χ1) is 27.7. The molecule has 0 aliphatic heterocycles. The molecule has 8 aromatic carbocycles. The average Bonchev–Trinajstić information content (AvgIpc) is 3.89. The van der Waals surface area contributed by atoms with E-state index in [1.165, 1.54) is 75.8 Å². The van der Waals surface area contributed by atoms with Crippen LogP contribution in [-0.4, -0.2) is 69.6 Å². The van der Waals surface area contributed by atoms with Crippen LogP contribution >= 0.6 is 0 Å². The van der Waals surface area contributed by atoms with Gasteiger partial charge in [0.1, 0.15) is 11.4 Å². The Labute approximate surface area is 322 Å². The lowest BCUT2D eigenvalue weighted by molar-refractivity contribution is -0.00679. The van der Waals surface area contributed by atoms with E-state index in [4.69, 9.17) is 18.9 Å². The van der Waals surface area contributed by atoms with Crippen molar-refractivity contribution in [3.05, 3.63) is 144 Å². The van der Waals surface area contributed by atoms with Crippen LogP contribution in [0.2, 0.25) is 0 Å². The number of nitrogens with zero attached hydrogens (tertiary/aromatic N) is 6. The summed E-state index contributed by atoms with van der Waals surface area (Å²) in [6, 6.07) is 39.5. The maximum Gasteiger partial charge on any atom is 0.108 e. The van der Waals surface area contributed by atoms with Gasteiger partial charge in [0.25, 0.3) is 0 Å². The highest BCUT2D eigenvalue weighted by molar-refractivity contribution is 6.24. The first-order valence-corrected chi connectivity index (χ1v) is 19.1. The normalized spacial score (nSPS) is 12.2. The Hall–Kier alpha value is -6.04. The molecule has 0 saturated heterocycles. The molecule has 0 radical (unpaired) electrons. The van der Waals surface area contributed by atoms with Crippen molar-refractivity contribution < 1.29 is 18.9 Å². The van der Waals surface area contributed by atoms with Crippen molar-refractivity contribution in [2.24, 2.45) is 0 Å². The molecular weight excluding hydrogens is 701 g/mol. The molecule has 0 aliphatic rings. The lowest BCUT2D eigenvalue weighted by atomic mass is 9.92. The van der Waals surface area contributed by atoms with Gasteiger partial charge >= 0.3 is 0 Å². The van der Waals surface area contributed by atoms with Gasteiger partial charge in [0.15, 0.2) is 0 Å². The van der Waals surface area contributed by atoms with Crippen LogP contribution in [0.5, 0.6) is 0 Å². The van der Waals surface area contributed by atoms with Crippen molar-refractivity contribution in [1.29, 1.82) is 0 Å². The van der Waals surface area contributed by atoms with Gasteiger partial charge in [0.05, 0.1) is 78.3 Å². The van der Waals surface area contributed by atoms with Crippen LogP contribution < -0.4 is 0 Å². The van der Waals surface area contributed by atoms with Gasteiger partial charge in [0.2, 0.25) is 0 Å². The van der Waals surface area contributed by atoms with E-state index in [0.717, 1.165) is 11.4 Å². The van der Waals surface area contributed by atoms with Crippen LogP contribution in [0.3, 0.4) is 0 Å². The molecule has 0 spiro atoms. The van der Waals surface area contributed by atoms with Crippen LogP contribution in [0, 0.1) is 0 Å². The minimum Gasteiger partial charge on any atom is -0.377 e. The molecule has 0 fully saturated rings. The van der Waals surface area contributed by atoms with Crippen molar-refractivity contribution in [2.45, 2.75) is 26.3 Å². The molecule has 10 rings (SSSR count). The summed E-state index contributed by atoms with van der Waals surface area (Å²) in [5.74, 6) is 0. The third kappa shape index (κ3) is 6.77. The van der Waals surface area contributed by atoms with Gasteiger partial charge in [-0.1, -0.05) is 120 Å². The van der Waals surface area contributed by atoms with Crippen LogP contribution in [0.25, 0.3) is 64.6 Å². The SMILES string of the molecule is c1cc2ccc3ccc(Cn4cc(COCCOCCOCCOCc5cn(Cc6ccc7ccc8cccc9ccc6c7c89)nn5)nn4)c4ccc(c1)c2c34. The molecule has 0 saturated carbocycles. The fourth-order valence-corrected chi connectivity index (χ4v) is 8.09. The van der Waals surface area contributed by atoms with E-state index in [9.17, 15) is 0 Å². The summed E-state index contributed by atoms with van der Waals surface area (Å²) in [6.07, 6.45) is 3.90. The molecule has 0 aliphatic carbocycles. The molecule has 2 heterocycles. The maximum atomic E-state index is 5.80. The van der Waals surface area contributed by atoms with Crippen molar-refractivity contribution in [2.75, 3.05) is 39.6 Å². The lowest BCUT2D eigenvalue weighted by Gasteiger charge is -2.13. The summed E-state index contributed by atoms with van der Waals surface area (Å²) in [4.78, 5) is 0. The van der Waals surface area contributed by atoms with Crippen LogP contribution in [0.1, 0.15) is 22.5 Å². The molecule has 10 aromatic rings. The number of ether oxygens (including phenoxy) is 4. The summed E-state index contributed by atoms with van der Waals surface area (Å²) >= 11 is 0. The summed E-state index contributed by atoms with van der Waals surface area (Å²) in [5, 5.41) is 32.7. The van der Waals surface area contributed by atoms with Gasteiger partial charge in [-0.3, -0.25) is 0 Å². The Morgan fingerprint density at radius 3 is 1.16 bits per heavy atom. The first kappa shape index (κ1) is 34.5. The molecule has 0 bridgehead atoms. The Bertz CT molecular complexity index is 2690. The van der Waals surface area contributed by atoms with Crippen LogP contribution in [0.4, 0.5) is 0 Å². The molecule has 0 amide bonds. The second-order valence-electron chi connectivity index (χ2n) is 14.3. The zero-order valence-corrected chi connectivity index (χ0v) is 30.9. The number of hydrogen-bond acceptors (Lipinski definition) is 8. The van der Waals surface area contributed by atoms with Crippen molar-refractivity contribution in [1.82, 2.24) is 30.0 Å². The molecule has 0 atom stereocenters. The minimum absolute atomic E-state index is 0.378. The van der Waals surface area contributed by atoms with Crippen molar-refractivity contribution >= 4 is 64.6 Å². The topological polar surface area (TPSA) is 98.3 Å². The second-order valence-corrected chi connectivity index (χ2v) is 14.3. The largest absolute Gasteiger partial charge is 0.377 e. The Morgan fingerprint density at radius 1 is 0.375 bits per heavy atom. The molecule has 0 N–H and O–H groups in total. The molecule has 10 nitrogen and oxygen atoms in total. The summed E-state index contributed by atoms with van der Waals surface area (Å²) in [5.41, 5.74) is 4.01. The standard InChI is InChI=1S/C46H40N6O4/c1-3-31-7-9-35-11-13-37(41-17-15-33(5-1)43(31)45(35)41)25-51-27-39(47-49-51)29-55-23-21-53-19-20-54-22-24-56-30-40-28-52(50-48-40)26-38-14-12-36-10-8-32-4-2-6-34-16-18-42(38)46(36)44(32)34/h1-18,27-28H,19-26,29-30H2. The van der Waals surface area contributed by atoms with Gasteiger partial charge in [-0.25, -0.2) is 9.36 Å². The molecule has 278 valence electrons. The van der Waals surface area contributed by atoms with Crippen molar-refractivity contribution in [3.63, 3.8) is 0 Å². The Kier molecular flexibility index (Phi) is 9.38. The highest BCUT2D eigenvalue weighted by atomic mass is 16.6. The fraction of sp³-hybridized carbons (Fsp3) is 0.217. The van der Waals surface area contributed by atoms with Crippen molar-refractivity contribution in [3.8, 4) is 0 Å². The molecule has 10 heteroatoms. The molecule has 2 aromatic heterocycles. The summed E-state index contributed by atoms with van der Waals surface area (Å²) in [7, 11) is 0. The number of rotatable bonds is 17. The van der Waals surface area contributed by atoms with E-state index < -0.39 is 0 Å². The fourth-order valence-electron chi connectivity index (χ4n) is 8.09. The number of hydrogen-bond donors (Lipinski definition) is 0. The van der Waals surface area contributed by atoms with E-state index in [0.29, 0.717) is 65.9 Å². The van der Waals surface area contributed by atoms with Crippen LogP contribution in [-0.2, 0) is 45.3 Å². The predicted molar refractivity (Wildman–Crippen MR) is 219 cm³/mol. The Balaban J connectivity index is 0.614. The van der Waals surface area contributed by atoms with Gasteiger partial charge in [-0.2, -0.15) is 0 Å². The summed E-state index contributed by atoms with van der Waals surface area (Å²) < 4.78 is 26.7. The first-order valence-electron chi connectivity index (χ1n) is 19.1. The van der Waals surface area contributed by atoms with Gasteiger partial charge in [-0.05, 0) is 75.8 Å². The minimum atomic E-state index is 0.378. The smallest absolute Gasteiger partial charge is 0.108 e. The average molecular weight is 741 g/mol. The van der Waals surface area contributed by atoms with Crippen LogP contribution in [0.15, 0.2) is 122 Å². The van der Waals surface area contributed by atoms with E-state index in [2.05, 4.69) is 130 Å². The molecule has 56 heavy (non-hydrogen) atoms. The molecular formula is C46H40N6O4. The zero-order valence-electron chi connectivity index (χ0n) is 30.9. The maximum absolute atomic E-state index is 5.80. The predicted octanol–water partition coefficient (Wildman–Crippen LogP) is 8.53. The third-order valence-corrected chi connectivity index (χ3v) is 10.7. The van der Waals surface area contributed by atoms with E-state index in [1.807, 2.05) is 21.8 Å². The summed E-state index contributed by atoms with van der Waals surface area (Å²) in [6.45, 7) is 4.87. The second kappa shape index (κ2) is 15.2.